The minimum atomic E-state index is -1.21. The fourth-order valence-corrected chi connectivity index (χ4v) is 7.20. The second kappa shape index (κ2) is 15.2. The molecule has 6 rings (SSSR count). The highest BCUT2D eigenvalue weighted by atomic mass is 16.6. The monoisotopic (exact) mass is 726 g/mol. The van der Waals surface area contributed by atoms with E-state index in [1.807, 2.05) is 31.4 Å². The lowest BCUT2D eigenvalue weighted by molar-refractivity contribution is -0.158. The van der Waals surface area contributed by atoms with E-state index in [0.29, 0.717) is 47.5 Å². The number of nitrogens with one attached hydrogen (secondary N) is 2. The Morgan fingerprint density at radius 3 is 2.68 bits per heavy atom. The molecule has 0 radical (unpaired) electrons. The second-order valence-electron chi connectivity index (χ2n) is 13.8. The minimum absolute atomic E-state index is 0.0212. The average Bonchev–Trinajstić information content (AvgIpc) is 3.14. The largest absolute Gasteiger partial charge is 0.508 e. The zero-order valence-corrected chi connectivity index (χ0v) is 29.9. The van der Waals surface area contributed by atoms with Crippen LogP contribution in [-0.2, 0) is 22.6 Å². The molecule has 0 bridgehead atoms. The number of dihydropyridines is 2. The van der Waals surface area contributed by atoms with Crippen molar-refractivity contribution in [3.63, 3.8) is 0 Å². The second-order valence-corrected chi connectivity index (χ2v) is 13.8. The number of aromatic hydroxyl groups is 2. The number of aliphatic hydroxyl groups is 2. The predicted molar refractivity (Wildman–Crippen MR) is 199 cm³/mol. The molecule has 3 aliphatic rings. The first-order valence-electron chi connectivity index (χ1n) is 17.5. The van der Waals surface area contributed by atoms with Gasteiger partial charge in [0.1, 0.15) is 52.3 Å². The van der Waals surface area contributed by atoms with Crippen LogP contribution in [0, 0.1) is 0 Å². The van der Waals surface area contributed by atoms with Crippen LogP contribution in [-0.4, -0.2) is 57.4 Å². The minimum Gasteiger partial charge on any atom is -0.508 e. The summed E-state index contributed by atoms with van der Waals surface area (Å²) in [6, 6.07) is 7.60. The molecule has 13 heteroatoms. The maximum absolute atomic E-state index is 13.8. The van der Waals surface area contributed by atoms with E-state index in [9.17, 15) is 30.0 Å². The molecular formula is C40H46N4O9. The molecule has 5 unspecified atom stereocenters. The Labute approximate surface area is 306 Å². The zero-order valence-electron chi connectivity index (χ0n) is 29.9. The Kier molecular flexibility index (Phi) is 10.7. The standard InChI is InChI=1S/C40H46N4O9/c1-4-21(2)39(50)52-30-17-27-36(49)34-29(48)16-26(19-45)51-38(34)35(37(27)53-40(30,3)12-10-22-8-9-31(41)44-18-22)33(24-11-13-43-32(42)15-24)28(20-46)23-6-5-7-25(47)14-23/h4-9,11,14-16,18,28,30-31,33,43-47,49H,10,12-13,17,19-20,41-42H2,1-3H3. The van der Waals surface area contributed by atoms with Crippen LogP contribution in [0.1, 0.15) is 67.9 Å². The molecule has 0 amide bonds. The summed E-state index contributed by atoms with van der Waals surface area (Å²) >= 11 is 0. The van der Waals surface area contributed by atoms with Gasteiger partial charge in [-0.25, -0.2) is 4.79 Å². The lowest BCUT2D eigenvalue weighted by atomic mass is 9.73. The third-order valence-corrected chi connectivity index (χ3v) is 10.3. The highest BCUT2D eigenvalue weighted by molar-refractivity contribution is 5.92. The first-order chi connectivity index (χ1) is 25.4. The molecule has 13 nitrogen and oxygen atoms in total. The van der Waals surface area contributed by atoms with Gasteiger partial charge in [0.05, 0.1) is 18.6 Å². The summed E-state index contributed by atoms with van der Waals surface area (Å²) in [6.45, 7) is 4.51. The molecule has 4 heterocycles. The Morgan fingerprint density at radius 1 is 1.23 bits per heavy atom. The van der Waals surface area contributed by atoms with Crippen molar-refractivity contribution >= 4 is 16.9 Å². The summed E-state index contributed by atoms with van der Waals surface area (Å²) in [5, 5.41) is 49.8. The van der Waals surface area contributed by atoms with Crippen LogP contribution in [0.5, 0.6) is 17.2 Å². The van der Waals surface area contributed by atoms with Gasteiger partial charge in [-0.1, -0.05) is 30.4 Å². The highest BCUT2D eigenvalue weighted by Crippen LogP contribution is 2.54. The van der Waals surface area contributed by atoms with Gasteiger partial charge in [0.2, 0.25) is 0 Å². The normalized spacial score (nSPS) is 22.3. The Balaban J connectivity index is 1.64. The maximum Gasteiger partial charge on any atom is 0.333 e. The van der Waals surface area contributed by atoms with E-state index in [2.05, 4.69) is 10.6 Å². The molecule has 0 saturated heterocycles. The van der Waals surface area contributed by atoms with Crippen molar-refractivity contribution in [3.05, 3.63) is 122 Å². The Hall–Kier alpha value is -5.50. The SMILES string of the molecule is CC=C(C)C(=O)OC1Cc2c(c(C(C3=CCNC(N)=C3)C(CO)c3cccc(O)c3)c3oc(CO)cc(=O)c3c2O)OC1(C)CCC1=CNC(N)C=C1. The van der Waals surface area contributed by atoms with Gasteiger partial charge in [-0.2, -0.15) is 0 Å². The fraction of sp³-hybridized carbons (Fsp3) is 0.350. The summed E-state index contributed by atoms with van der Waals surface area (Å²) in [5.74, 6) is -2.14. The van der Waals surface area contributed by atoms with E-state index >= 15 is 0 Å². The summed E-state index contributed by atoms with van der Waals surface area (Å²) < 4.78 is 19.4. The van der Waals surface area contributed by atoms with E-state index < -0.39 is 53.9 Å². The quantitative estimate of drug-likeness (QED) is 0.105. The van der Waals surface area contributed by atoms with E-state index in [0.717, 1.165) is 11.6 Å². The molecule has 53 heavy (non-hydrogen) atoms. The van der Waals surface area contributed by atoms with E-state index in [4.69, 9.17) is 25.4 Å². The van der Waals surface area contributed by atoms with Gasteiger partial charge in [0, 0.05) is 53.8 Å². The molecular weight excluding hydrogens is 680 g/mol. The number of allylic oxidation sites excluding steroid dienone is 5. The number of carbonyl (C=O) groups is 1. The number of fused-ring (bicyclic) bond motifs is 2. The van der Waals surface area contributed by atoms with Crippen molar-refractivity contribution in [2.75, 3.05) is 13.2 Å². The molecule has 5 atom stereocenters. The molecule has 2 aromatic carbocycles. The van der Waals surface area contributed by atoms with Crippen LogP contribution < -0.4 is 32.3 Å². The molecule has 0 saturated carbocycles. The van der Waals surface area contributed by atoms with Gasteiger partial charge in [-0.15, -0.1) is 0 Å². The number of rotatable bonds is 11. The number of ether oxygens (including phenoxy) is 2. The zero-order chi connectivity index (χ0) is 38.0. The van der Waals surface area contributed by atoms with Crippen molar-refractivity contribution in [3.8, 4) is 17.2 Å². The van der Waals surface area contributed by atoms with Crippen molar-refractivity contribution < 1.29 is 39.1 Å². The van der Waals surface area contributed by atoms with Gasteiger partial charge in [0.25, 0.3) is 0 Å². The first-order valence-corrected chi connectivity index (χ1v) is 17.5. The summed E-state index contributed by atoms with van der Waals surface area (Å²) in [6.07, 6.45) is 10.4. The Bertz CT molecular complexity index is 2130. The number of benzene rings is 2. The lowest BCUT2D eigenvalue weighted by Crippen LogP contribution is -2.51. The Morgan fingerprint density at radius 2 is 2.02 bits per heavy atom. The number of nitrogens with two attached hydrogens (primary N) is 2. The van der Waals surface area contributed by atoms with Crippen LogP contribution in [0.15, 0.2) is 98.7 Å². The van der Waals surface area contributed by atoms with Gasteiger partial charge in [0.15, 0.2) is 5.43 Å². The average molecular weight is 727 g/mol. The van der Waals surface area contributed by atoms with Crippen molar-refractivity contribution in [2.24, 2.45) is 11.5 Å². The number of phenolic OH excluding ortho intramolecular Hbond substituents is 2. The van der Waals surface area contributed by atoms with E-state index in [-0.39, 0.29) is 46.4 Å². The lowest BCUT2D eigenvalue weighted by Gasteiger charge is -2.44. The van der Waals surface area contributed by atoms with Crippen LogP contribution in [0.3, 0.4) is 0 Å². The van der Waals surface area contributed by atoms with E-state index in [1.54, 1.807) is 44.2 Å². The maximum atomic E-state index is 13.8. The summed E-state index contributed by atoms with van der Waals surface area (Å²) in [7, 11) is 0. The number of carbonyl (C=O) groups excluding carboxylic acids is 1. The molecule has 3 aromatic rings. The summed E-state index contributed by atoms with van der Waals surface area (Å²) in [5.41, 5.74) is 13.4. The number of esters is 1. The van der Waals surface area contributed by atoms with Crippen LogP contribution in [0.4, 0.5) is 0 Å². The molecule has 0 fully saturated rings. The van der Waals surface area contributed by atoms with Gasteiger partial charge >= 0.3 is 5.97 Å². The van der Waals surface area contributed by atoms with Crippen LogP contribution in [0.25, 0.3) is 11.0 Å². The topological polar surface area (TPSA) is 223 Å². The predicted octanol–water partition coefficient (Wildman–Crippen LogP) is 3.57. The summed E-state index contributed by atoms with van der Waals surface area (Å²) in [4.78, 5) is 27.1. The van der Waals surface area contributed by atoms with Crippen LogP contribution >= 0.6 is 0 Å². The number of aliphatic hydroxyl groups excluding tert-OH is 2. The van der Waals surface area contributed by atoms with Crippen molar-refractivity contribution in [1.82, 2.24) is 10.6 Å². The highest BCUT2D eigenvalue weighted by Gasteiger charge is 2.48. The number of phenols is 2. The smallest absolute Gasteiger partial charge is 0.333 e. The molecule has 3 aliphatic heterocycles. The molecule has 280 valence electrons. The molecule has 10 N–H and O–H groups in total. The van der Waals surface area contributed by atoms with Gasteiger partial charge in [-0.05, 0) is 74.6 Å². The van der Waals surface area contributed by atoms with Crippen molar-refractivity contribution in [2.45, 2.75) is 76.3 Å². The van der Waals surface area contributed by atoms with Crippen LogP contribution in [0.2, 0.25) is 0 Å². The fourth-order valence-electron chi connectivity index (χ4n) is 7.20. The third kappa shape index (κ3) is 7.41. The molecule has 0 aliphatic carbocycles. The van der Waals surface area contributed by atoms with Gasteiger partial charge < -0.3 is 56.4 Å². The van der Waals surface area contributed by atoms with Gasteiger partial charge in [-0.3, -0.25) is 4.79 Å². The van der Waals surface area contributed by atoms with E-state index in [1.165, 1.54) is 6.07 Å². The van der Waals surface area contributed by atoms with Crippen molar-refractivity contribution in [1.29, 1.82) is 0 Å². The molecule has 1 aromatic heterocycles. The number of hydrogen-bond donors (Lipinski definition) is 8. The molecule has 0 spiro atoms. The first kappa shape index (κ1) is 37.3. The number of hydrogen-bond acceptors (Lipinski definition) is 13. The third-order valence-electron chi connectivity index (χ3n) is 10.3.